The van der Waals surface area contributed by atoms with Crippen molar-refractivity contribution in [2.24, 2.45) is 4.99 Å². The third-order valence-electron chi connectivity index (χ3n) is 3.79. The van der Waals surface area contributed by atoms with Crippen LogP contribution in [0.1, 0.15) is 27.2 Å². The molecule has 1 rings (SSSR count). The lowest BCUT2D eigenvalue weighted by molar-refractivity contribution is 0.0147. The molecule has 1 amide bonds. The van der Waals surface area contributed by atoms with Gasteiger partial charge in [-0.25, -0.2) is 4.79 Å². The molecule has 1 heterocycles. The van der Waals surface area contributed by atoms with Gasteiger partial charge in [0.05, 0.1) is 0 Å². The maximum absolute atomic E-state index is 12.0. The summed E-state index contributed by atoms with van der Waals surface area (Å²) >= 11 is 0. The van der Waals surface area contributed by atoms with E-state index in [4.69, 9.17) is 9.47 Å². The number of carbonyl (C=O) groups excluding carboxylic acids is 1. The maximum Gasteiger partial charge on any atom is 0.410 e. The summed E-state index contributed by atoms with van der Waals surface area (Å²) in [4.78, 5) is 20.4. The lowest BCUT2D eigenvalue weighted by atomic mass is 10.2. The number of ether oxygens (including phenoxy) is 2. The van der Waals surface area contributed by atoms with Gasteiger partial charge in [-0.2, -0.15) is 0 Å². The molecule has 26 heavy (non-hydrogen) atoms. The standard InChI is InChI=1S/C17H35N5O3.HI/c1-17(2,3)25-16(23)22-12-10-21(11-13-22)9-8-20-15(18-4)19-7-6-14-24-5;/h6-14H2,1-5H3,(H2,18,19,20);1H. The van der Waals surface area contributed by atoms with Gasteiger partial charge in [0.2, 0.25) is 0 Å². The van der Waals surface area contributed by atoms with Crippen LogP contribution in [0.25, 0.3) is 0 Å². The number of rotatable bonds is 7. The number of piperazine rings is 1. The Hall–Kier alpha value is -0.810. The van der Waals surface area contributed by atoms with Crippen molar-refractivity contribution in [2.45, 2.75) is 32.8 Å². The van der Waals surface area contributed by atoms with Crippen molar-refractivity contribution in [3.05, 3.63) is 0 Å². The Morgan fingerprint density at radius 1 is 1.12 bits per heavy atom. The van der Waals surface area contributed by atoms with Crippen molar-refractivity contribution in [3.8, 4) is 0 Å². The highest BCUT2D eigenvalue weighted by molar-refractivity contribution is 14.0. The molecule has 0 radical (unpaired) electrons. The first-order valence-electron chi connectivity index (χ1n) is 8.99. The van der Waals surface area contributed by atoms with E-state index in [1.165, 1.54) is 0 Å². The molecule has 0 spiro atoms. The summed E-state index contributed by atoms with van der Waals surface area (Å²) < 4.78 is 10.4. The molecule has 0 aliphatic carbocycles. The predicted molar refractivity (Wildman–Crippen MR) is 116 cm³/mol. The van der Waals surface area contributed by atoms with Crippen LogP contribution >= 0.6 is 24.0 Å². The second-order valence-corrected chi connectivity index (χ2v) is 7.08. The molecule has 0 saturated carbocycles. The zero-order chi connectivity index (χ0) is 18.7. The molecule has 1 fully saturated rings. The van der Waals surface area contributed by atoms with Gasteiger partial charge >= 0.3 is 6.09 Å². The summed E-state index contributed by atoms with van der Waals surface area (Å²) in [5, 5.41) is 6.57. The summed E-state index contributed by atoms with van der Waals surface area (Å²) in [6.07, 6.45) is 0.732. The largest absolute Gasteiger partial charge is 0.444 e. The third-order valence-corrected chi connectivity index (χ3v) is 3.79. The fourth-order valence-electron chi connectivity index (χ4n) is 2.46. The zero-order valence-electron chi connectivity index (χ0n) is 16.8. The Morgan fingerprint density at radius 3 is 2.27 bits per heavy atom. The van der Waals surface area contributed by atoms with Crippen LogP contribution in [0.3, 0.4) is 0 Å². The fourth-order valence-corrected chi connectivity index (χ4v) is 2.46. The quantitative estimate of drug-likeness (QED) is 0.246. The maximum atomic E-state index is 12.0. The minimum absolute atomic E-state index is 0. The Balaban J connectivity index is 0.00000625. The summed E-state index contributed by atoms with van der Waals surface area (Å²) in [5.74, 6) is 0.809. The molecule has 0 bridgehead atoms. The third kappa shape index (κ3) is 11.0. The van der Waals surface area contributed by atoms with E-state index in [0.717, 1.165) is 51.7 Å². The number of hydrogen-bond donors (Lipinski definition) is 2. The van der Waals surface area contributed by atoms with Gasteiger partial charge in [0.1, 0.15) is 5.60 Å². The minimum atomic E-state index is -0.440. The average molecular weight is 485 g/mol. The molecule has 0 atom stereocenters. The van der Waals surface area contributed by atoms with Gasteiger partial charge in [-0.15, -0.1) is 24.0 Å². The van der Waals surface area contributed by atoms with Gasteiger partial charge in [0, 0.05) is 66.6 Å². The van der Waals surface area contributed by atoms with Gasteiger partial charge in [-0.05, 0) is 27.2 Å². The molecule has 1 aliphatic heterocycles. The summed E-state index contributed by atoms with van der Waals surface area (Å²) in [7, 11) is 3.47. The normalized spacial score (nSPS) is 16.0. The average Bonchev–Trinajstić information content (AvgIpc) is 2.56. The highest BCUT2D eigenvalue weighted by atomic mass is 127. The summed E-state index contributed by atoms with van der Waals surface area (Å²) in [6.45, 7) is 12.1. The number of nitrogens with one attached hydrogen (secondary N) is 2. The molecule has 2 N–H and O–H groups in total. The minimum Gasteiger partial charge on any atom is -0.444 e. The van der Waals surface area contributed by atoms with Crippen molar-refractivity contribution in [1.29, 1.82) is 0 Å². The predicted octanol–water partition coefficient (Wildman–Crippen LogP) is 1.36. The van der Waals surface area contributed by atoms with Gasteiger partial charge in [0.25, 0.3) is 0 Å². The van der Waals surface area contributed by atoms with E-state index >= 15 is 0 Å². The van der Waals surface area contributed by atoms with Crippen LogP contribution in [-0.2, 0) is 9.47 Å². The molecule has 0 aromatic heterocycles. The van der Waals surface area contributed by atoms with Crippen LogP contribution in [0.5, 0.6) is 0 Å². The highest BCUT2D eigenvalue weighted by Gasteiger charge is 2.25. The molecular formula is C17H36IN5O3. The van der Waals surface area contributed by atoms with Crippen molar-refractivity contribution >= 4 is 36.0 Å². The molecule has 8 nitrogen and oxygen atoms in total. The summed E-state index contributed by atoms with van der Waals surface area (Å²) in [6, 6.07) is 0. The number of nitrogens with zero attached hydrogens (tertiary/aromatic N) is 3. The first kappa shape index (κ1) is 25.2. The lowest BCUT2D eigenvalue weighted by Crippen LogP contribution is -2.51. The van der Waals surface area contributed by atoms with Crippen LogP contribution in [0, 0.1) is 0 Å². The number of hydrogen-bond acceptors (Lipinski definition) is 5. The molecule has 1 aliphatic rings. The molecule has 1 saturated heterocycles. The van der Waals surface area contributed by atoms with Crippen LogP contribution < -0.4 is 10.6 Å². The number of carbonyl (C=O) groups is 1. The van der Waals surface area contributed by atoms with Crippen molar-refractivity contribution in [2.75, 3.05) is 66.6 Å². The van der Waals surface area contributed by atoms with Crippen molar-refractivity contribution in [1.82, 2.24) is 20.4 Å². The molecule has 0 aromatic rings. The first-order chi connectivity index (χ1) is 11.9. The zero-order valence-corrected chi connectivity index (χ0v) is 19.2. The van der Waals surface area contributed by atoms with Crippen LogP contribution in [0.2, 0.25) is 0 Å². The Bertz CT molecular complexity index is 421. The van der Waals surface area contributed by atoms with E-state index < -0.39 is 5.60 Å². The number of amides is 1. The smallest absolute Gasteiger partial charge is 0.410 e. The van der Waals surface area contributed by atoms with Gasteiger partial charge in [0.15, 0.2) is 5.96 Å². The van der Waals surface area contributed by atoms with E-state index in [2.05, 4.69) is 20.5 Å². The van der Waals surface area contributed by atoms with E-state index in [9.17, 15) is 4.79 Å². The number of methoxy groups -OCH3 is 1. The molecular weight excluding hydrogens is 449 g/mol. The van der Waals surface area contributed by atoms with E-state index in [1.54, 1.807) is 19.1 Å². The topological polar surface area (TPSA) is 78.4 Å². The summed E-state index contributed by atoms with van der Waals surface area (Å²) in [5.41, 5.74) is -0.440. The second-order valence-electron chi connectivity index (χ2n) is 7.08. The van der Waals surface area contributed by atoms with E-state index in [1.807, 2.05) is 20.8 Å². The number of guanidine groups is 1. The Kier molecular flexibility index (Phi) is 13.0. The van der Waals surface area contributed by atoms with Gasteiger partial charge in [-0.3, -0.25) is 9.89 Å². The van der Waals surface area contributed by atoms with E-state index in [-0.39, 0.29) is 30.1 Å². The number of aliphatic imine (C=N–C) groups is 1. The highest BCUT2D eigenvalue weighted by Crippen LogP contribution is 2.11. The van der Waals surface area contributed by atoms with Crippen molar-refractivity contribution in [3.63, 3.8) is 0 Å². The lowest BCUT2D eigenvalue weighted by Gasteiger charge is -2.35. The first-order valence-corrected chi connectivity index (χ1v) is 8.99. The van der Waals surface area contributed by atoms with Crippen LogP contribution in [0.15, 0.2) is 4.99 Å². The fraction of sp³-hybridized carbons (Fsp3) is 0.882. The van der Waals surface area contributed by atoms with Crippen molar-refractivity contribution < 1.29 is 14.3 Å². The number of halogens is 1. The molecule has 0 aromatic carbocycles. The van der Waals surface area contributed by atoms with Crippen LogP contribution in [0.4, 0.5) is 4.79 Å². The van der Waals surface area contributed by atoms with E-state index in [0.29, 0.717) is 13.1 Å². The molecule has 0 unspecified atom stereocenters. The molecule has 154 valence electrons. The van der Waals surface area contributed by atoms with Gasteiger partial charge < -0.3 is 25.0 Å². The molecule has 9 heteroatoms. The Labute approximate surface area is 175 Å². The Morgan fingerprint density at radius 2 is 1.73 bits per heavy atom. The SMILES string of the molecule is CN=C(NCCCOC)NCCN1CCN(C(=O)OC(C)(C)C)CC1.I. The second kappa shape index (κ2) is 13.4. The monoisotopic (exact) mass is 485 g/mol. The van der Waals surface area contributed by atoms with Crippen LogP contribution in [-0.4, -0.2) is 94.0 Å². The van der Waals surface area contributed by atoms with Gasteiger partial charge in [-0.1, -0.05) is 0 Å².